The van der Waals surface area contributed by atoms with E-state index in [0.29, 0.717) is 21.4 Å². The fourth-order valence-electron chi connectivity index (χ4n) is 1.80. The summed E-state index contributed by atoms with van der Waals surface area (Å²) in [4.78, 5) is 12.6. The molecule has 2 rings (SSSR count). The minimum absolute atomic E-state index is 0.277. The van der Waals surface area contributed by atoms with Gasteiger partial charge in [0.15, 0.2) is 11.6 Å². The molecular formula is C16H14ClF2NO2S. The van der Waals surface area contributed by atoms with Crippen LogP contribution in [0.2, 0.25) is 5.02 Å². The van der Waals surface area contributed by atoms with E-state index in [9.17, 15) is 13.6 Å². The van der Waals surface area contributed by atoms with Crippen molar-refractivity contribution in [2.45, 2.75) is 17.1 Å². The maximum Gasteiger partial charge on any atom is 0.237 e. The van der Waals surface area contributed by atoms with Gasteiger partial charge < -0.3 is 10.1 Å². The first kappa shape index (κ1) is 17.6. The van der Waals surface area contributed by atoms with Gasteiger partial charge in [-0.1, -0.05) is 11.6 Å². The quantitative estimate of drug-likeness (QED) is 0.785. The number of amides is 1. The molecule has 23 heavy (non-hydrogen) atoms. The maximum atomic E-state index is 13.2. The first-order chi connectivity index (χ1) is 10.9. The third-order valence-electron chi connectivity index (χ3n) is 2.99. The van der Waals surface area contributed by atoms with E-state index in [0.717, 1.165) is 23.9 Å². The van der Waals surface area contributed by atoms with Gasteiger partial charge in [-0.2, -0.15) is 0 Å². The number of halogens is 3. The molecule has 2 aromatic rings. The van der Waals surface area contributed by atoms with E-state index in [2.05, 4.69) is 5.32 Å². The molecule has 0 unspecified atom stereocenters. The van der Waals surface area contributed by atoms with Crippen LogP contribution in [-0.2, 0) is 4.79 Å². The van der Waals surface area contributed by atoms with E-state index >= 15 is 0 Å². The number of ether oxygens (including phenoxy) is 1. The Labute approximate surface area is 142 Å². The number of hydrogen-bond acceptors (Lipinski definition) is 3. The molecule has 0 saturated heterocycles. The molecule has 0 aromatic heterocycles. The van der Waals surface area contributed by atoms with Gasteiger partial charge in [0.1, 0.15) is 5.75 Å². The van der Waals surface area contributed by atoms with Crippen molar-refractivity contribution in [1.82, 2.24) is 0 Å². The van der Waals surface area contributed by atoms with Crippen LogP contribution in [0.25, 0.3) is 0 Å². The largest absolute Gasteiger partial charge is 0.495 e. The number of nitrogens with one attached hydrogen (secondary N) is 1. The standard InChI is InChI=1S/C16H14ClF2NO2S/c1-9(23-11-4-5-13(18)14(19)8-11)16(21)20-10-3-6-15(22-2)12(17)7-10/h3-9H,1-2H3,(H,20,21)/t9-/m0/s1. The second kappa shape index (κ2) is 7.66. The third kappa shape index (κ3) is 4.59. The van der Waals surface area contributed by atoms with E-state index < -0.39 is 16.9 Å². The Morgan fingerprint density at radius 2 is 1.96 bits per heavy atom. The first-order valence-corrected chi connectivity index (χ1v) is 7.92. The summed E-state index contributed by atoms with van der Waals surface area (Å²) in [5.74, 6) is -1.63. The zero-order valence-corrected chi connectivity index (χ0v) is 14.0. The van der Waals surface area contributed by atoms with Gasteiger partial charge in [-0.3, -0.25) is 4.79 Å². The molecule has 0 radical (unpaired) electrons. The molecule has 0 aliphatic rings. The van der Waals surface area contributed by atoms with Crippen molar-refractivity contribution >= 4 is 35.0 Å². The molecule has 0 fully saturated rings. The highest BCUT2D eigenvalue weighted by Gasteiger charge is 2.16. The van der Waals surface area contributed by atoms with Crippen LogP contribution in [0.3, 0.4) is 0 Å². The fourth-order valence-corrected chi connectivity index (χ4v) is 2.95. The van der Waals surface area contributed by atoms with Gasteiger partial charge in [0.2, 0.25) is 5.91 Å². The molecule has 1 amide bonds. The molecule has 0 bridgehead atoms. The Morgan fingerprint density at radius 3 is 2.57 bits per heavy atom. The Kier molecular flexibility index (Phi) is 5.85. The van der Waals surface area contributed by atoms with Gasteiger partial charge >= 0.3 is 0 Å². The molecule has 3 nitrogen and oxygen atoms in total. The number of methoxy groups -OCH3 is 1. The Hall–Kier alpha value is -1.79. The van der Waals surface area contributed by atoms with Gasteiger partial charge in [0.05, 0.1) is 17.4 Å². The summed E-state index contributed by atoms with van der Waals surface area (Å²) >= 11 is 7.13. The molecule has 2 aromatic carbocycles. The number of carbonyl (C=O) groups excluding carboxylic acids is 1. The topological polar surface area (TPSA) is 38.3 Å². The van der Waals surface area contributed by atoms with E-state index in [1.54, 1.807) is 25.1 Å². The average Bonchev–Trinajstić information content (AvgIpc) is 2.51. The van der Waals surface area contributed by atoms with Crippen LogP contribution in [0.15, 0.2) is 41.3 Å². The summed E-state index contributed by atoms with van der Waals surface area (Å²) in [6, 6.07) is 8.41. The molecule has 7 heteroatoms. The van der Waals surface area contributed by atoms with Crippen LogP contribution >= 0.6 is 23.4 Å². The van der Waals surface area contributed by atoms with Gasteiger partial charge in [-0.05, 0) is 43.3 Å². The van der Waals surface area contributed by atoms with E-state index in [4.69, 9.17) is 16.3 Å². The van der Waals surface area contributed by atoms with E-state index in [1.807, 2.05) is 0 Å². The van der Waals surface area contributed by atoms with Crippen molar-refractivity contribution in [3.05, 3.63) is 53.1 Å². The third-order valence-corrected chi connectivity index (χ3v) is 4.38. The number of hydrogen-bond donors (Lipinski definition) is 1. The van der Waals surface area contributed by atoms with Crippen molar-refractivity contribution in [3.63, 3.8) is 0 Å². The van der Waals surface area contributed by atoms with Crippen LogP contribution in [0.1, 0.15) is 6.92 Å². The lowest BCUT2D eigenvalue weighted by Crippen LogP contribution is -2.22. The number of carbonyl (C=O) groups is 1. The van der Waals surface area contributed by atoms with Crippen LogP contribution in [-0.4, -0.2) is 18.3 Å². The Bertz CT molecular complexity index is 727. The highest BCUT2D eigenvalue weighted by atomic mass is 35.5. The zero-order valence-electron chi connectivity index (χ0n) is 12.4. The molecule has 0 aliphatic heterocycles. The van der Waals surface area contributed by atoms with Gasteiger partial charge in [0.25, 0.3) is 0 Å². The van der Waals surface area contributed by atoms with Gasteiger partial charge in [0, 0.05) is 10.6 Å². The molecule has 0 spiro atoms. The molecule has 1 atom stereocenters. The van der Waals surface area contributed by atoms with Crippen molar-refractivity contribution < 1.29 is 18.3 Å². The minimum Gasteiger partial charge on any atom is -0.495 e. The molecule has 122 valence electrons. The highest BCUT2D eigenvalue weighted by Crippen LogP contribution is 2.29. The number of anilines is 1. The number of thioether (sulfide) groups is 1. The van der Waals surface area contributed by atoms with Crippen molar-refractivity contribution in [2.75, 3.05) is 12.4 Å². The fraction of sp³-hybridized carbons (Fsp3) is 0.188. The lowest BCUT2D eigenvalue weighted by atomic mass is 10.3. The van der Waals surface area contributed by atoms with E-state index in [-0.39, 0.29) is 5.91 Å². The summed E-state index contributed by atoms with van der Waals surface area (Å²) in [6.45, 7) is 1.67. The normalized spacial score (nSPS) is 11.9. The molecule has 0 saturated carbocycles. The molecule has 1 N–H and O–H groups in total. The second-order valence-electron chi connectivity index (χ2n) is 4.67. The van der Waals surface area contributed by atoms with Crippen LogP contribution < -0.4 is 10.1 Å². The summed E-state index contributed by atoms with van der Waals surface area (Å²) in [5.41, 5.74) is 0.526. The van der Waals surface area contributed by atoms with Gasteiger partial charge in [-0.15, -0.1) is 11.8 Å². The highest BCUT2D eigenvalue weighted by molar-refractivity contribution is 8.00. The second-order valence-corrected chi connectivity index (χ2v) is 6.50. The Balaban J connectivity index is 2.02. The summed E-state index contributed by atoms with van der Waals surface area (Å²) in [6.07, 6.45) is 0. The van der Waals surface area contributed by atoms with Crippen molar-refractivity contribution in [1.29, 1.82) is 0 Å². The first-order valence-electron chi connectivity index (χ1n) is 6.67. The SMILES string of the molecule is COc1ccc(NC(=O)[C@H](C)Sc2ccc(F)c(F)c2)cc1Cl. The lowest BCUT2D eigenvalue weighted by Gasteiger charge is -2.13. The average molecular weight is 358 g/mol. The number of benzene rings is 2. The van der Waals surface area contributed by atoms with Crippen LogP contribution in [0, 0.1) is 11.6 Å². The predicted octanol–water partition coefficient (Wildman–Crippen LogP) is 4.75. The lowest BCUT2D eigenvalue weighted by molar-refractivity contribution is -0.115. The van der Waals surface area contributed by atoms with Crippen LogP contribution in [0.4, 0.5) is 14.5 Å². The summed E-state index contributed by atoms with van der Waals surface area (Å²) in [5, 5.41) is 2.59. The summed E-state index contributed by atoms with van der Waals surface area (Å²) in [7, 11) is 1.50. The minimum atomic E-state index is -0.940. The summed E-state index contributed by atoms with van der Waals surface area (Å²) < 4.78 is 31.1. The van der Waals surface area contributed by atoms with E-state index in [1.165, 1.54) is 13.2 Å². The molecule has 0 heterocycles. The van der Waals surface area contributed by atoms with Crippen molar-refractivity contribution in [2.24, 2.45) is 0 Å². The maximum absolute atomic E-state index is 13.2. The van der Waals surface area contributed by atoms with Crippen molar-refractivity contribution in [3.8, 4) is 5.75 Å². The Morgan fingerprint density at radius 1 is 1.22 bits per heavy atom. The van der Waals surface area contributed by atoms with Gasteiger partial charge in [-0.25, -0.2) is 8.78 Å². The zero-order chi connectivity index (χ0) is 17.0. The smallest absolute Gasteiger partial charge is 0.237 e. The molecular weight excluding hydrogens is 344 g/mol. The monoisotopic (exact) mass is 357 g/mol. The molecule has 0 aliphatic carbocycles. The van der Waals surface area contributed by atoms with Crippen LogP contribution in [0.5, 0.6) is 5.75 Å². The number of rotatable bonds is 5. The predicted molar refractivity (Wildman–Crippen MR) is 88.3 cm³/mol.